The van der Waals surface area contributed by atoms with Crippen LogP contribution in [0.3, 0.4) is 0 Å². The largest absolute Gasteiger partial charge is 0.381 e. The summed E-state index contributed by atoms with van der Waals surface area (Å²) in [5.74, 6) is 0. The van der Waals surface area contributed by atoms with Gasteiger partial charge in [-0.05, 0) is 32.2 Å². The lowest BCUT2D eigenvalue weighted by Gasteiger charge is -2.23. The Morgan fingerprint density at radius 3 is 2.62 bits per heavy atom. The van der Waals surface area contributed by atoms with Crippen molar-refractivity contribution in [1.82, 2.24) is 10.0 Å². The summed E-state index contributed by atoms with van der Waals surface area (Å²) in [5.41, 5.74) is 0. The molecule has 0 aliphatic carbocycles. The Labute approximate surface area is 97.0 Å². The summed E-state index contributed by atoms with van der Waals surface area (Å²) in [7, 11) is -3.14. The van der Waals surface area contributed by atoms with Gasteiger partial charge >= 0.3 is 0 Å². The normalized spacial score (nSPS) is 28.4. The second-order valence-corrected chi connectivity index (χ2v) is 6.54. The summed E-state index contributed by atoms with van der Waals surface area (Å²) in [6, 6.07) is 0.314. The predicted octanol–water partition coefficient (Wildman–Crippen LogP) is -0.163. The number of sulfonamides is 1. The summed E-state index contributed by atoms with van der Waals surface area (Å²) in [5, 5.41) is 3.02. The Balaban J connectivity index is 1.81. The van der Waals surface area contributed by atoms with Crippen LogP contribution >= 0.6 is 0 Å². The van der Waals surface area contributed by atoms with Gasteiger partial charge in [-0.1, -0.05) is 0 Å². The van der Waals surface area contributed by atoms with Gasteiger partial charge in [0.2, 0.25) is 10.0 Å². The molecule has 0 aromatic heterocycles. The van der Waals surface area contributed by atoms with E-state index in [2.05, 4.69) is 10.0 Å². The molecule has 2 rings (SSSR count). The molecule has 0 aromatic rings. The molecule has 0 amide bonds. The maximum Gasteiger partial charge on any atom is 0.214 e. The first-order valence-corrected chi connectivity index (χ1v) is 7.53. The minimum atomic E-state index is -3.14. The summed E-state index contributed by atoms with van der Waals surface area (Å²) in [4.78, 5) is 0. The summed E-state index contributed by atoms with van der Waals surface area (Å²) in [6.45, 7) is 2.66. The van der Waals surface area contributed by atoms with Gasteiger partial charge in [0.05, 0.1) is 5.25 Å². The second kappa shape index (κ2) is 5.44. The van der Waals surface area contributed by atoms with Crippen molar-refractivity contribution in [2.45, 2.75) is 37.0 Å². The Morgan fingerprint density at radius 1 is 1.25 bits per heavy atom. The second-order valence-electron chi connectivity index (χ2n) is 4.50. The number of hydrogen-bond donors (Lipinski definition) is 2. The van der Waals surface area contributed by atoms with E-state index in [0.717, 1.165) is 19.4 Å². The van der Waals surface area contributed by atoms with Crippen LogP contribution in [-0.2, 0) is 14.8 Å². The number of ether oxygens (including phenoxy) is 1. The molecule has 94 valence electrons. The molecule has 0 spiro atoms. The van der Waals surface area contributed by atoms with Gasteiger partial charge in [0.15, 0.2) is 0 Å². The van der Waals surface area contributed by atoms with Crippen LogP contribution in [-0.4, -0.2) is 46.0 Å². The fourth-order valence-corrected chi connectivity index (χ4v) is 3.73. The average molecular weight is 248 g/mol. The molecule has 2 saturated heterocycles. The molecule has 16 heavy (non-hydrogen) atoms. The predicted molar refractivity (Wildman–Crippen MR) is 61.8 cm³/mol. The van der Waals surface area contributed by atoms with E-state index in [1.807, 2.05) is 0 Å². The highest BCUT2D eigenvalue weighted by atomic mass is 32.2. The molecule has 2 N–H and O–H groups in total. The van der Waals surface area contributed by atoms with Crippen molar-refractivity contribution in [3.8, 4) is 0 Å². The van der Waals surface area contributed by atoms with Gasteiger partial charge in [-0.25, -0.2) is 13.1 Å². The van der Waals surface area contributed by atoms with Gasteiger partial charge in [-0.15, -0.1) is 0 Å². The molecule has 5 nitrogen and oxygen atoms in total. The zero-order valence-electron chi connectivity index (χ0n) is 9.44. The zero-order valence-corrected chi connectivity index (χ0v) is 10.3. The monoisotopic (exact) mass is 248 g/mol. The smallest absolute Gasteiger partial charge is 0.214 e. The van der Waals surface area contributed by atoms with Crippen LogP contribution in [0.1, 0.15) is 25.7 Å². The molecular formula is C10H20N2O3S. The summed E-state index contributed by atoms with van der Waals surface area (Å²) < 4.78 is 31.8. The number of nitrogens with one attached hydrogen (secondary N) is 2. The topological polar surface area (TPSA) is 67.4 Å². The Kier molecular flexibility index (Phi) is 4.18. The molecule has 0 bridgehead atoms. The lowest BCUT2D eigenvalue weighted by atomic mass is 10.2. The fraction of sp³-hybridized carbons (Fsp3) is 1.00. The molecule has 0 radical (unpaired) electrons. The van der Waals surface area contributed by atoms with Crippen molar-refractivity contribution in [3.05, 3.63) is 0 Å². The SMILES string of the molecule is O=S(=O)(NCC1CCCN1)C1CCOCC1. The van der Waals surface area contributed by atoms with E-state index in [0.29, 0.717) is 38.6 Å². The van der Waals surface area contributed by atoms with E-state index in [9.17, 15) is 8.42 Å². The maximum absolute atomic E-state index is 11.9. The van der Waals surface area contributed by atoms with Crippen LogP contribution in [0.2, 0.25) is 0 Å². The molecule has 2 aliphatic rings. The maximum atomic E-state index is 11.9. The molecule has 2 heterocycles. The van der Waals surface area contributed by atoms with Crippen molar-refractivity contribution < 1.29 is 13.2 Å². The van der Waals surface area contributed by atoms with Gasteiger partial charge < -0.3 is 10.1 Å². The number of rotatable bonds is 4. The van der Waals surface area contributed by atoms with Crippen molar-refractivity contribution in [2.24, 2.45) is 0 Å². The number of hydrogen-bond acceptors (Lipinski definition) is 4. The third-order valence-corrected chi connectivity index (χ3v) is 5.22. The van der Waals surface area contributed by atoms with E-state index in [1.54, 1.807) is 0 Å². The minimum absolute atomic E-state index is 0.261. The Hall–Kier alpha value is -0.170. The first kappa shape index (κ1) is 12.3. The van der Waals surface area contributed by atoms with E-state index in [4.69, 9.17) is 4.74 Å². The lowest BCUT2D eigenvalue weighted by molar-refractivity contribution is 0.0981. The standard InChI is InChI=1S/C10H20N2O3S/c13-16(14,10-3-6-15-7-4-10)12-8-9-2-1-5-11-9/h9-12H,1-8H2. The quantitative estimate of drug-likeness (QED) is 0.725. The molecule has 0 aromatic carbocycles. The third kappa shape index (κ3) is 3.16. The molecule has 6 heteroatoms. The van der Waals surface area contributed by atoms with Crippen LogP contribution in [0.25, 0.3) is 0 Å². The highest BCUT2D eigenvalue weighted by Crippen LogP contribution is 2.15. The van der Waals surface area contributed by atoms with Crippen molar-refractivity contribution in [2.75, 3.05) is 26.3 Å². The summed E-state index contributed by atoms with van der Waals surface area (Å²) >= 11 is 0. The van der Waals surface area contributed by atoms with Crippen molar-refractivity contribution in [3.63, 3.8) is 0 Å². The summed E-state index contributed by atoms with van der Waals surface area (Å²) in [6.07, 6.45) is 3.45. The first-order valence-electron chi connectivity index (χ1n) is 5.98. The van der Waals surface area contributed by atoms with Crippen LogP contribution in [0.4, 0.5) is 0 Å². The van der Waals surface area contributed by atoms with Crippen LogP contribution in [0.15, 0.2) is 0 Å². The van der Waals surface area contributed by atoms with Gasteiger partial charge in [-0.3, -0.25) is 0 Å². The lowest BCUT2D eigenvalue weighted by Crippen LogP contribution is -2.43. The van der Waals surface area contributed by atoms with Gasteiger partial charge in [-0.2, -0.15) is 0 Å². The molecule has 1 unspecified atom stereocenters. The molecule has 2 aliphatic heterocycles. The molecule has 2 fully saturated rings. The minimum Gasteiger partial charge on any atom is -0.381 e. The molecule has 0 saturated carbocycles. The van der Waals surface area contributed by atoms with Crippen LogP contribution in [0, 0.1) is 0 Å². The van der Waals surface area contributed by atoms with E-state index in [1.165, 1.54) is 0 Å². The van der Waals surface area contributed by atoms with Crippen LogP contribution < -0.4 is 10.0 Å². The van der Waals surface area contributed by atoms with Gasteiger partial charge in [0.1, 0.15) is 0 Å². The van der Waals surface area contributed by atoms with E-state index >= 15 is 0 Å². The Morgan fingerprint density at radius 2 is 2.00 bits per heavy atom. The fourth-order valence-electron chi connectivity index (χ4n) is 2.25. The van der Waals surface area contributed by atoms with E-state index < -0.39 is 10.0 Å². The molecular weight excluding hydrogens is 228 g/mol. The zero-order chi connectivity index (χ0) is 11.4. The first-order chi connectivity index (χ1) is 7.68. The average Bonchev–Trinajstić information content (AvgIpc) is 2.81. The third-order valence-electron chi connectivity index (χ3n) is 3.30. The highest BCUT2D eigenvalue weighted by molar-refractivity contribution is 7.90. The van der Waals surface area contributed by atoms with Crippen molar-refractivity contribution in [1.29, 1.82) is 0 Å². The Bertz CT molecular complexity index is 306. The van der Waals surface area contributed by atoms with Gasteiger partial charge in [0.25, 0.3) is 0 Å². The van der Waals surface area contributed by atoms with E-state index in [-0.39, 0.29) is 5.25 Å². The molecule has 1 atom stereocenters. The van der Waals surface area contributed by atoms with Crippen LogP contribution in [0.5, 0.6) is 0 Å². The highest BCUT2D eigenvalue weighted by Gasteiger charge is 2.28. The van der Waals surface area contributed by atoms with Gasteiger partial charge in [0, 0.05) is 25.8 Å². The van der Waals surface area contributed by atoms with Crippen molar-refractivity contribution >= 4 is 10.0 Å².